The number of ether oxygens (including phenoxy) is 2. The summed E-state index contributed by atoms with van der Waals surface area (Å²) in [7, 11) is -3.84. The topological polar surface area (TPSA) is 74.2 Å². The predicted molar refractivity (Wildman–Crippen MR) is 209 cm³/mol. The van der Waals surface area contributed by atoms with Crippen LogP contribution in [0.2, 0.25) is 36.3 Å². The lowest BCUT2D eigenvalue weighted by atomic mass is 9.61. The van der Waals surface area contributed by atoms with Gasteiger partial charge in [0, 0.05) is 0 Å². The molecule has 0 aromatic heterocycles. The maximum Gasteiger partial charge on any atom is 0.508 e. The van der Waals surface area contributed by atoms with Crippen molar-refractivity contribution in [1.82, 2.24) is 0 Å². The molecule has 0 saturated heterocycles. The quantitative estimate of drug-likeness (QED) is 0.130. The van der Waals surface area contributed by atoms with Gasteiger partial charge in [-0.25, -0.2) is 4.79 Å². The van der Waals surface area contributed by atoms with Gasteiger partial charge in [0.1, 0.15) is 11.7 Å². The van der Waals surface area contributed by atoms with Crippen molar-refractivity contribution in [2.24, 2.45) is 23.2 Å². The van der Waals surface area contributed by atoms with E-state index in [1.54, 1.807) is 26.3 Å². The van der Waals surface area contributed by atoms with Crippen molar-refractivity contribution in [2.45, 2.75) is 188 Å². The van der Waals surface area contributed by atoms with Gasteiger partial charge in [-0.05, 0) is 132 Å². The summed E-state index contributed by atoms with van der Waals surface area (Å²) in [5.41, 5.74) is 2.24. The summed E-state index contributed by atoms with van der Waals surface area (Å²) in [6.45, 7) is 33.8. The van der Waals surface area contributed by atoms with Crippen LogP contribution in [0.25, 0.3) is 0 Å². The van der Waals surface area contributed by atoms with Gasteiger partial charge in [0.2, 0.25) is 0 Å². The van der Waals surface area contributed by atoms with Crippen molar-refractivity contribution in [1.29, 1.82) is 0 Å². The van der Waals surface area contributed by atoms with E-state index >= 15 is 0 Å². The van der Waals surface area contributed by atoms with Crippen LogP contribution in [-0.2, 0) is 18.3 Å². The molecule has 0 unspecified atom stereocenters. The first kappa shape index (κ1) is 42.2. The third-order valence-corrected chi connectivity index (χ3v) is 22.2. The molecular formula is C41H74O6Si2. The van der Waals surface area contributed by atoms with Gasteiger partial charge in [-0.15, -0.1) is 0 Å². The van der Waals surface area contributed by atoms with E-state index in [0.717, 1.165) is 19.3 Å². The molecule has 3 fully saturated rings. The van der Waals surface area contributed by atoms with E-state index in [9.17, 15) is 9.90 Å². The number of rotatable bonds is 11. The summed E-state index contributed by atoms with van der Waals surface area (Å²) in [6, 6.07) is 0. The van der Waals surface area contributed by atoms with Crippen LogP contribution < -0.4 is 0 Å². The normalized spacial score (nSPS) is 29.6. The van der Waals surface area contributed by atoms with E-state index in [1.807, 2.05) is 6.08 Å². The first-order chi connectivity index (χ1) is 22.3. The van der Waals surface area contributed by atoms with Crippen molar-refractivity contribution in [2.75, 3.05) is 6.61 Å². The Labute approximate surface area is 303 Å². The molecule has 6 nitrogen and oxygen atoms in total. The lowest BCUT2D eigenvalue weighted by molar-refractivity contribution is -0.0658. The smallest absolute Gasteiger partial charge is 0.435 e. The molecule has 8 heteroatoms. The zero-order chi connectivity index (χ0) is 37.2. The van der Waals surface area contributed by atoms with Crippen molar-refractivity contribution >= 4 is 22.8 Å². The molecule has 3 rings (SSSR count). The monoisotopic (exact) mass is 719 g/mol. The molecular weight excluding hydrogens is 645 g/mol. The molecule has 282 valence electrons. The van der Waals surface area contributed by atoms with Crippen LogP contribution in [0.1, 0.15) is 128 Å². The second-order valence-electron chi connectivity index (χ2n) is 19.4. The van der Waals surface area contributed by atoms with Gasteiger partial charge in [0.15, 0.2) is 16.6 Å². The number of hydrogen-bond acceptors (Lipinski definition) is 6. The van der Waals surface area contributed by atoms with Crippen LogP contribution in [0.3, 0.4) is 0 Å². The second kappa shape index (κ2) is 15.8. The number of carbonyl (C=O) groups excluding carboxylic acids is 1. The molecule has 1 N–H and O–H groups in total. The Morgan fingerprint density at radius 1 is 0.918 bits per heavy atom. The molecule has 7 atom stereocenters. The summed E-state index contributed by atoms with van der Waals surface area (Å²) < 4.78 is 24.5. The maximum absolute atomic E-state index is 11.9. The standard InChI is InChI=1S/C41H74O6Si2/c1-16-44-37(43)45-40(9,10)36(42)24-19-29(2)34-22-23-35-31(18-17-25-41(34,35)11)21-20-30-26-32(46-48(12,13)38(3,4)5)28-33(27-30)47-49(14,15)39(6,7)8/h19-21,24,29,32-36,42H,16-18,22-23,25-28H2,1-15H3/b24-19+,31-21+/t29-,32-,33-,34-,35+,36-,41-/m1/s1. The molecule has 0 heterocycles. The highest BCUT2D eigenvalue weighted by molar-refractivity contribution is 6.74. The number of fused-ring (bicyclic) bond motifs is 1. The molecule has 0 aromatic rings. The fourth-order valence-electron chi connectivity index (χ4n) is 8.07. The molecule has 0 amide bonds. The molecule has 3 saturated carbocycles. The first-order valence-corrected chi connectivity index (χ1v) is 25.1. The summed E-state index contributed by atoms with van der Waals surface area (Å²) in [5.74, 6) is 1.42. The van der Waals surface area contributed by atoms with E-state index < -0.39 is 34.5 Å². The minimum Gasteiger partial charge on any atom is -0.435 e. The van der Waals surface area contributed by atoms with Gasteiger partial charge in [-0.1, -0.05) is 90.8 Å². The molecule has 0 aliphatic heterocycles. The Kier molecular flexibility index (Phi) is 13.6. The van der Waals surface area contributed by atoms with Gasteiger partial charge >= 0.3 is 6.16 Å². The molecule has 0 spiro atoms. The van der Waals surface area contributed by atoms with Crippen molar-refractivity contribution in [3.63, 3.8) is 0 Å². The van der Waals surface area contributed by atoms with Gasteiger partial charge < -0.3 is 23.4 Å². The highest BCUT2D eigenvalue weighted by Crippen LogP contribution is 2.59. The molecule has 49 heavy (non-hydrogen) atoms. The van der Waals surface area contributed by atoms with Crippen LogP contribution in [0.5, 0.6) is 0 Å². The van der Waals surface area contributed by atoms with Gasteiger partial charge in [0.05, 0.1) is 18.8 Å². The minimum atomic E-state index is -1.92. The lowest BCUT2D eigenvalue weighted by Crippen LogP contribution is -2.48. The van der Waals surface area contributed by atoms with Crippen LogP contribution in [0.4, 0.5) is 4.79 Å². The van der Waals surface area contributed by atoms with Gasteiger partial charge in [-0.2, -0.15) is 0 Å². The van der Waals surface area contributed by atoms with E-state index in [1.165, 1.54) is 37.7 Å². The third kappa shape index (κ3) is 10.5. The van der Waals surface area contributed by atoms with Gasteiger partial charge in [-0.3, -0.25) is 0 Å². The third-order valence-electron chi connectivity index (χ3n) is 13.2. The molecule has 3 aliphatic carbocycles. The highest BCUT2D eigenvalue weighted by Gasteiger charge is 2.50. The Bertz CT molecular complexity index is 1180. The van der Waals surface area contributed by atoms with E-state index in [2.05, 4.69) is 99.8 Å². The summed E-state index contributed by atoms with van der Waals surface area (Å²) in [4.78, 5) is 11.9. The van der Waals surface area contributed by atoms with Crippen LogP contribution in [-0.4, -0.2) is 58.4 Å². The largest absolute Gasteiger partial charge is 0.508 e. The minimum absolute atomic E-state index is 0.175. The summed E-state index contributed by atoms with van der Waals surface area (Å²) >= 11 is 0. The summed E-state index contributed by atoms with van der Waals surface area (Å²) in [6.07, 6.45) is 16.7. The number of carbonyl (C=O) groups is 1. The molecule has 0 radical (unpaired) electrons. The Balaban J connectivity index is 1.80. The average molecular weight is 719 g/mol. The average Bonchev–Trinajstić information content (AvgIpc) is 3.30. The summed E-state index contributed by atoms with van der Waals surface area (Å²) in [5, 5.41) is 11.3. The molecule has 0 aromatic carbocycles. The zero-order valence-electron chi connectivity index (χ0n) is 34.1. The zero-order valence-corrected chi connectivity index (χ0v) is 36.1. The van der Waals surface area contributed by atoms with E-state index in [-0.39, 0.29) is 34.3 Å². The highest BCUT2D eigenvalue weighted by atomic mass is 28.4. The maximum atomic E-state index is 11.9. The SMILES string of the molecule is CCOC(=O)OC(C)(C)[C@H](O)/C=C/[C@@H](C)[C@H]1CC[C@H]2/C(=C/C=C3C[C@@H](O[Si](C)(C)C(C)(C)C)C[C@H](O[Si](C)(C)C(C)(C)C)C3)CCC[C@]12C. The Morgan fingerprint density at radius 3 is 1.98 bits per heavy atom. The van der Waals surface area contributed by atoms with Crippen LogP contribution >= 0.6 is 0 Å². The van der Waals surface area contributed by atoms with Crippen molar-refractivity contribution in [3.8, 4) is 0 Å². The number of allylic oxidation sites excluding steroid dienone is 4. The second-order valence-corrected chi connectivity index (χ2v) is 28.9. The molecule has 0 bridgehead atoms. The lowest BCUT2D eigenvalue weighted by Gasteiger charge is -2.45. The van der Waals surface area contributed by atoms with Gasteiger partial charge in [0.25, 0.3) is 0 Å². The van der Waals surface area contributed by atoms with Crippen molar-refractivity contribution in [3.05, 3.63) is 35.5 Å². The fraction of sp³-hybridized carbons (Fsp3) is 0.829. The van der Waals surface area contributed by atoms with Crippen LogP contribution in [0, 0.1) is 23.2 Å². The number of hydrogen-bond donors (Lipinski definition) is 1. The number of aliphatic hydroxyl groups excluding tert-OH is 1. The number of aliphatic hydroxyl groups is 1. The van der Waals surface area contributed by atoms with Crippen LogP contribution in [0.15, 0.2) is 35.5 Å². The fourth-order valence-corrected chi connectivity index (χ4v) is 10.8. The first-order valence-electron chi connectivity index (χ1n) is 19.3. The molecule has 3 aliphatic rings. The predicted octanol–water partition coefficient (Wildman–Crippen LogP) is 11.5. The van der Waals surface area contributed by atoms with Crippen molar-refractivity contribution < 1.29 is 28.2 Å². The Morgan fingerprint density at radius 2 is 1.47 bits per heavy atom. The Hall–Kier alpha value is -1.20. The van der Waals surface area contributed by atoms with E-state index in [0.29, 0.717) is 17.8 Å². The van der Waals surface area contributed by atoms with E-state index in [4.69, 9.17) is 18.3 Å².